The maximum atomic E-state index is 11.4. The first-order valence-corrected chi connectivity index (χ1v) is 5.04. The molecule has 0 aliphatic carbocycles. The van der Waals surface area contributed by atoms with E-state index in [1.165, 1.54) is 16.9 Å². The number of anilines is 1. The number of nitrogens with zero attached hydrogens (tertiary/aromatic N) is 4. The maximum Gasteiger partial charge on any atom is 0.268 e. The predicted molar refractivity (Wildman–Crippen MR) is 59.8 cm³/mol. The van der Waals surface area contributed by atoms with Gasteiger partial charge >= 0.3 is 0 Å². The number of nitrogens with two attached hydrogens (primary N) is 1. The molecule has 0 atom stereocenters. The number of hydrogen-bond donors (Lipinski definition) is 1. The van der Waals surface area contributed by atoms with E-state index in [2.05, 4.69) is 10.1 Å². The van der Waals surface area contributed by atoms with E-state index in [-0.39, 0.29) is 5.56 Å². The minimum Gasteiger partial charge on any atom is -0.397 e. The summed E-state index contributed by atoms with van der Waals surface area (Å²) in [5.41, 5.74) is 5.68. The Morgan fingerprint density at radius 1 is 1.38 bits per heavy atom. The third-order valence-electron chi connectivity index (χ3n) is 2.24. The van der Waals surface area contributed by atoms with Crippen molar-refractivity contribution in [3.8, 4) is 0 Å². The average Bonchev–Trinajstić information content (AvgIpc) is 2.74. The molecule has 6 heteroatoms. The van der Waals surface area contributed by atoms with Crippen molar-refractivity contribution < 1.29 is 0 Å². The first-order valence-electron chi connectivity index (χ1n) is 5.04. The molecule has 2 heterocycles. The molecule has 0 unspecified atom stereocenters. The summed E-state index contributed by atoms with van der Waals surface area (Å²) >= 11 is 0. The van der Waals surface area contributed by atoms with Crippen LogP contribution in [0.3, 0.4) is 0 Å². The van der Waals surface area contributed by atoms with Gasteiger partial charge in [0.1, 0.15) is 0 Å². The SMILES string of the molecule is Nc1cnn(CCCn2ccnc2)c(=O)c1. The second-order valence-electron chi connectivity index (χ2n) is 3.50. The fourth-order valence-electron chi connectivity index (χ4n) is 1.44. The van der Waals surface area contributed by atoms with Gasteiger partial charge in [-0.25, -0.2) is 9.67 Å². The van der Waals surface area contributed by atoms with Crippen LogP contribution in [0.2, 0.25) is 0 Å². The summed E-state index contributed by atoms with van der Waals surface area (Å²) in [4.78, 5) is 15.4. The second kappa shape index (κ2) is 4.61. The highest BCUT2D eigenvalue weighted by Gasteiger charge is 1.98. The monoisotopic (exact) mass is 219 g/mol. The third-order valence-corrected chi connectivity index (χ3v) is 2.24. The van der Waals surface area contributed by atoms with Gasteiger partial charge in [-0.15, -0.1) is 0 Å². The van der Waals surface area contributed by atoms with Crippen LogP contribution in [0.5, 0.6) is 0 Å². The van der Waals surface area contributed by atoms with Crippen LogP contribution in [-0.2, 0) is 13.1 Å². The van der Waals surface area contributed by atoms with E-state index in [0.717, 1.165) is 13.0 Å². The van der Waals surface area contributed by atoms with Crippen LogP contribution < -0.4 is 11.3 Å². The zero-order chi connectivity index (χ0) is 11.4. The van der Waals surface area contributed by atoms with Crippen molar-refractivity contribution in [2.75, 3.05) is 5.73 Å². The Hall–Kier alpha value is -2.11. The van der Waals surface area contributed by atoms with E-state index >= 15 is 0 Å². The van der Waals surface area contributed by atoms with E-state index in [1.807, 2.05) is 10.8 Å². The number of nitrogen functional groups attached to an aromatic ring is 1. The molecule has 0 amide bonds. The Morgan fingerprint density at radius 3 is 2.94 bits per heavy atom. The van der Waals surface area contributed by atoms with Crippen molar-refractivity contribution in [1.29, 1.82) is 0 Å². The molecule has 16 heavy (non-hydrogen) atoms. The molecule has 2 aromatic rings. The molecule has 84 valence electrons. The number of imidazole rings is 1. The summed E-state index contributed by atoms with van der Waals surface area (Å²) in [7, 11) is 0. The highest BCUT2D eigenvalue weighted by Crippen LogP contribution is 1.94. The summed E-state index contributed by atoms with van der Waals surface area (Å²) in [5.74, 6) is 0. The Labute approximate surface area is 92.3 Å². The lowest BCUT2D eigenvalue weighted by Crippen LogP contribution is -2.23. The lowest BCUT2D eigenvalue weighted by Gasteiger charge is -2.04. The van der Waals surface area contributed by atoms with Gasteiger partial charge in [-0.2, -0.15) is 5.10 Å². The summed E-state index contributed by atoms with van der Waals surface area (Å²) in [6.45, 7) is 1.40. The zero-order valence-electron chi connectivity index (χ0n) is 8.78. The molecule has 0 aliphatic heterocycles. The molecular formula is C10H13N5O. The highest BCUT2D eigenvalue weighted by atomic mass is 16.1. The van der Waals surface area contributed by atoms with Crippen LogP contribution in [0.15, 0.2) is 35.8 Å². The lowest BCUT2D eigenvalue weighted by molar-refractivity contribution is 0.507. The van der Waals surface area contributed by atoms with Gasteiger partial charge in [-0.05, 0) is 6.42 Å². The molecular weight excluding hydrogens is 206 g/mol. The largest absolute Gasteiger partial charge is 0.397 e. The predicted octanol–water partition coefficient (Wildman–Crippen LogP) is 0.112. The average molecular weight is 219 g/mol. The Kier molecular flexibility index (Phi) is 3.00. The van der Waals surface area contributed by atoms with Crippen molar-refractivity contribution in [3.05, 3.63) is 41.3 Å². The van der Waals surface area contributed by atoms with Gasteiger partial charge in [-0.3, -0.25) is 4.79 Å². The third kappa shape index (κ3) is 2.47. The number of aromatic nitrogens is 4. The number of rotatable bonds is 4. The van der Waals surface area contributed by atoms with Gasteiger partial charge in [0, 0.05) is 31.5 Å². The van der Waals surface area contributed by atoms with Crippen molar-refractivity contribution in [2.45, 2.75) is 19.5 Å². The molecule has 0 fully saturated rings. The van der Waals surface area contributed by atoms with E-state index in [9.17, 15) is 4.79 Å². The van der Waals surface area contributed by atoms with Crippen molar-refractivity contribution >= 4 is 5.69 Å². The minimum absolute atomic E-state index is 0.161. The Bertz CT molecular complexity index is 502. The van der Waals surface area contributed by atoms with Crippen molar-refractivity contribution in [3.63, 3.8) is 0 Å². The summed E-state index contributed by atoms with van der Waals surface area (Å²) in [5, 5.41) is 3.95. The Morgan fingerprint density at radius 2 is 2.25 bits per heavy atom. The fourth-order valence-corrected chi connectivity index (χ4v) is 1.44. The van der Waals surface area contributed by atoms with E-state index < -0.39 is 0 Å². The van der Waals surface area contributed by atoms with Gasteiger partial charge < -0.3 is 10.3 Å². The lowest BCUT2D eigenvalue weighted by atomic mass is 10.4. The van der Waals surface area contributed by atoms with Crippen LogP contribution in [0, 0.1) is 0 Å². The smallest absolute Gasteiger partial charge is 0.268 e. The highest BCUT2D eigenvalue weighted by molar-refractivity contribution is 5.31. The van der Waals surface area contributed by atoms with Crippen LogP contribution in [-0.4, -0.2) is 19.3 Å². The maximum absolute atomic E-state index is 11.4. The van der Waals surface area contributed by atoms with E-state index in [1.54, 1.807) is 12.5 Å². The molecule has 2 rings (SSSR count). The van der Waals surface area contributed by atoms with Gasteiger partial charge in [0.2, 0.25) is 0 Å². The van der Waals surface area contributed by atoms with Crippen LogP contribution in [0.1, 0.15) is 6.42 Å². The molecule has 0 bridgehead atoms. The van der Waals surface area contributed by atoms with Crippen LogP contribution in [0.25, 0.3) is 0 Å². The molecule has 2 N–H and O–H groups in total. The summed E-state index contributed by atoms with van der Waals surface area (Å²) in [6, 6.07) is 1.38. The molecule has 0 aliphatic rings. The fraction of sp³-hybridized carbons (Fsp3) is 0.300. The van der Waals surface area contributed by atoms with Gasteiger partial charge in [0.05, 0.1) is 18.2 Å². The topological polar surface area (TPSA) is 78.7 Å². The molecule has 0 spiro atoms. The van der Waals surface area contributed by atoms with Gasteiger partial charge in [0.15, 0.2) is 0 Å². The van der Waals surface area contributed by atoms with E-state index in [4.69, 9.17) is 5.73 Å². The molecule has 0 radical (unpaired) electrons. The normalized spacial score (nSPS) is 10.5. The zero-order valence-corrected chi connectivity index (χ0v) is 8.78. The quantitative estimate of drug-likeness (QED) is 0.791. The summed E-state index contributed by atoms with van der Waals surface area (Å²) < 4.78 is 3.37. The molecule has 2 aromatic heterocycles. The number of aryl methyl sites for hydroxylation is 2. The minimum atomic E-state index is -0.161. The van der Waals surface area contributed by atoms with E-state index in [0.29, 0.717) is 12.2 Å². The second-order valence-corrected chi connectivity index (χ2v) is 3.50. The molecule has 0 saturated heterocycles. The molecule has 0 saturated carbocycles. The first kappa shape index (κ1) is 10.4. The standard InChI is InChI=1S/C10H13N5O/c11-9-6-10(16)15(13-7-9)4-1-3-14-5-2-12-8-14/h2,5-8H,1,3-4,11H2. The van der Waals surface area contributed by atoms with Crippen molar-refractivity contribution in [2.24, 2.45) is 0 Å². The Balaban J connectivity index is 1.92. The number of hydrogen-bond acceptors (Lipinski definition) is 4. The first-order chi connectivity index (χ1) is 7.75. The summed E-state index contributed by atoms with van der Waals surface area (Å²) in [6.07, 6.45) is 7.68. The molecule has 0 aromatic carbocycles. The van der Waals surface area contributed by atoms with Crippen molar-refractivity contribution in [1.82, 2.24) is 19.3 Å². The van der Waals surface area contributed by atoms with Crippen LogP contribution in [0.4, 0.5) is 5.69 Å². The molecule has 6 nitrogen and oxygen atoms in total. The van der Waals surface area contributed by atoms with Crippen LogP contribution >= 0.6 is 0 Å². The van der Waals surface area contributed by atoms with Gasteiger partial charge in [-0.1, -0.05) is 0 Å². The van der Waals surface area contributed by atoms with Gasteiger partial charge in [0.25, 0.3) is 5.56 Å².